The summed E-state index contributed by atoms with van der Waals surface area (Å²) in [6.07, 6.45) is 5.25. The lowest BCUT2D eigenvalue weighted by Crippen LogP contribution is -2.30. The number of nitrogens with one attached hydrogen (secondary N) is 1. The lowest BCUT2D eigenvalue weighted by Gasteiger charge is -2.23. The Labute approximate surface area is 112 Å². The first kappa shape index (κ1) is 13.6. The fourth-order valence-electron chi connectivity index (χ4n) is 2.59. The highest BCUT2D eigenvalue weighted by atomic mass is 16.4. The predicted octanol–water partition coefficient (Wildman–Crippen LogP) is 2.34. The molecule has 0 spiro atoms. The van der Waals surface area contributed by atoms with E-state index in [-0.39, 0.29) is 24.8 Å². The summed E-state index contributed by atoms with van der Waals surface area (Å²) in [5, 5.41) is 11.5. The number of aryl methyl sites for hydroxylation is 2. The van der Waals surface area contributed by atoms with Crippen LogP contribution >= 0.6 is 0 Å². The monoisotopic (exact) mass is 265 g/mol. The Morgan fingerprint density at radius 1 is 1.47 bits per heavy atom. The van der Waals surface area contributed by atoms with Gasteiger partial charge in [-0.3, -0.25) is 9.59 Å². The Bertz CT molecular complexity index is 478. The average Bonchev–Trinajstić information content (AvgIpc) is 2.72. The Kier molecular flexibility index (Phi) is 4.24. The molecule has 0 bridgehead atoms. The van der Waals surface area contributed by atoms with Crippen LogP contribution in [0.2, 0.25) is 0 Å². The van der Waals surface area contributed by atoms with Crippen molar-refractivity contribution < 1.29 is 19.1 Å². The topological polar surface area (TPSA) is 79.5 Å². The lowest BCUT2D eigenvalue weighted by molar-refractivity contribution is -0.137. The van der Waals surface area contributed by atoms with E-state index in [2.05, 4.69) is 5.32 Å². The van der Waals surface area contributed by atoms with Gasteiger partial charge in [0.2, 0.25) is 5.91 Å². The number of carboxylic acids is 1. The number of carbonyl (C=O) groups excluding carboxylic acids is 1. The molecule has 1 aliphatic rings. The molecule has 0 saturated carbocycles. The van der Waals surface area contributed by atoms with Crippen molar-refractivity contribution in [2.75, 3.05) is 0 Å². The highest BCUT2D eigenvalue weighted by molar-refractivity contribution is 5.77. The molecule has 1 amide bonds. The third-order valence-electron chi connectivity index (χ3n) is 3.48. The van der Waals surface area contributed by atoms with Crippen LogP contribution in [0.4, 0.5) is 0 Å². The van der Waals surface area contributed by atoms with E-state index in [4.69, 9.17) is 9.52 Å². The van der Waals surface area contributed by atoms with Crippen molar-refractivity contribution >= 4 is 11.9 Å². The maximum atomic E-state index is 11.8. The molecule has 5 nitrogen and oxygen atoms in total. The van der Waals surface area contributed by atoms with Crippen molar-refractivity contribution in [1.29, 1.82) is 0 Å². The van der Waals surface area contributed by atoms with Crippen LogP contribution in [0.15, 0.2) is 10.7 Å². The quantitative estimate of drug-likeness (QED) is 0.856. The molecule has 1 atom stereocenters. The second-order valence-electron chi connectivity index (χ2n) is 5.02. The van der Waals surface area contributed by atoms with Gasteiger partial charge in [0.15, 0.2) is 0 Å². The number of furan rings is 1. The van der Waals surface area contributed by atoms with Gasteiger partial charge in [0.05, 0.1) is 12.3 Å². The second-order valence-corrected chi connectivity index (χ2v) is 5.02. The molecule has 0 radical (unpaired) electrons. The van der Waals surface area contributed by atoms with Crippen molar-refractivity contribution in [2.45, 2.75) is 51.5 Å². The van der Waals surface area contributed by atoms with E-state index in [1.807, 2.05) is 6.92 Å². The molecule has 0 aromatic carbocycles. The zero-order valence-corrected chi connectivity index (χ0v) is 11.1. The smallest absolute Gasteiger partial charge is 0.303 e. The largest absolute Gasteiger partial charge is 0.481 e. The van der Waals surface area contributed by atoms with E-state index in [0.29, 0.717) is 6.42 Å². The van der Waals surface area contributed by atoms with Gasteiger partial charge in [0.1, 0.15) is 5.76 Å². The third kappa shape index (κ3) is 3.36. The summed E-state index contributed by atoms with van der Waals surface area (Å²) in [7, 11) is 0. The number of hydrogen-bond donors (Lipinski definition) is 2. The van der Waals surface area contributed by atoms with Gasteiger partial charge in [0.25, 0.3) is 0 Å². The zero-order valence-electron chi connectivity index (χ0n) is 11.1. The van der Waals surface area contributed by atoms with Gasteiger partial charge in [-0.25, -0.2) is 0 Å². The predicted molar refractivity (Wildman–Crippen MR) is 68.8 cm³/mol. The lowest BCUT2D eigenvalue weighted by atomic mass is 9.91. The van der Waals surface area contributed by atoms with Crippen molar-refractivity contribution in [2.24, 2.45) is 0 Å². The summed E-state index contributed by atoms with van der Waals surface area (Å²) in [4.78, 5) is 22.2. The molecule has 2 N–H and O–H groups in total. The molecule has 1 aliphatic carbocycles. The van der Waals surface area contributed by atoms with E-state index >= 15 is 0 Å². The molecule has 104 valence electrons. The molecule has 0 unspecified atom stereocenters. The van der Waals surface area contributed by atoms with Gasteiger partial charge in [-0.1, -0.05) is 0 Å². The first-order valence-corrected chi connectivity index (χ1v) is 6.66. The first-order chi connectivity index (χ1) is 9.08. The normalized spacial score (nSPS) is 17.8. The van der Waals surface area contributed by atoms with Crippen LogP contribution in [0.1, 0.15) is 55.0 Å². The van der Waals surface area contributed by atoms with Gasteiger partial charge < -0.3 is 14.8 Å². The minimum Gasteiger partial charge on any atom is -0.481 e. The third-order valence-corrected chi connectivity index (χ3v) is 3.48. The van der Waals surface area contributed by atoms with Crippen LogP contribution < -0.4 is 5.32 Å². The van der Waals surface area contributed by atoms with E-state index in [1.54, 1.807) is 6.26 Å². The van der Waals surface area contributed by atoms with Crippen LogP contribution in [0.25, 0.3) is 0 Å². The Hall–Kier alpha value is -1.78. The van der Waals surface area contributed by atoms with Gasteiger partial charge >= 0.3 is 5.97 Å². The molecule has 0 aliphatic heterocycles. The summed E-state index contributed by atoms with van der Waals surface area (Å²) in [6, 6.07) is 0.0137. The fraction of sp³-hybridized carbons (Fsp3) is 0.571. The summed E-state index contributed by atoms with van der Waals surface area (Å²) in [6.45, 7) is 1.98. The van der Waals surface area contributed by atoms with Crippen molar-refractivity contribution in [1.82, 2.24) is 5.32 Å². The molecule has 1 aromatic heterocycles. The van der Waals surface area contributed by atoms with Crippen LogP contribution in [0, 0.1) is 6.92 Å². The highest BCUT2D eigenvalue weighted by Gasteiger charge is 2.26. The Morgan fingerprint density at radius 3 is 3.00 bits per heavy atom. The number of aliphatic carboxylic acids is 1. The molecule has 1 aromatic rings. The first-order valence-electron chi connectivity index (χ1n) is 6.66. The summed E-state index contributed by atoms with van der Waals surface area (Å²) in [5.41, 5.74) is 2.18. The van der Waals surface area contributed by atoms with Gasteiger partial charge in [-0.05, 0) is 31.7 Å². The molecule has 19 heavy (non-hydrogen) atoms. The Balaban J connectivity index is 1.91. The van der Waals surface area contributed by atoms with E-state index in [0.717, 1.165) is 36.1 Å². The second kappa shape index (κ2) is 5.91. The molecular formula is C14H19NO4. The molecule has 0 saturated heterocycles. The van der Waals surface area contributed by atoms with Crippen LogP contribution in [0.3, 0.4) is 0 Å². The Morgan fingerprint density at radius 2 is 2.26 bits per heavy atom. The minimum absolute atomic E-state index is 0.0137. The molecule has 0 fully saturated rings. The number of rotatable bonds is 5. The highest BCUT2D eigenvalue weighted by Crippen LogP contribution is 2.33. The standard InChI is InChI=1S/C14H19NO4/c1-9-8-19-11-5-2-4-10(14(9)11)15-12(16)6-3-7-13(17)18/h8,10H,2-7H2,1H3,(H,15,16)(H,17,18)/t10-/m0/s1. The van der Waals surface area contributed by atoms with Crippen LogP contribution in [-0.4, -0.2) is 17.0 Å². The SMILES string of the molecule is Cc1coc2c1[C@@H](NC(=O)CCCC(=O)O)CCC2. The maximum Gasteiger partial charge on any atom is 0.303 e. The molecule has 2 rings (SSSR count). The number of carboxylic acid groups (broad SMARTS) is 1. The van der Waals surface area contributed by atoms with Crippen LogP contribution in [-0.2, 0) is 16.0 Å². The fourth-order valence-corrected chi connectivity index (χ4v) is 2.59. The van der Waals surface area contributed by atoms with Gasteiger partial charge in [-0.2, -0.15) is 0 Å². The van der Waals surface area contributed by atoms with Crippen molar-refractivity contribution in [3.05, 3.63) is 23.2 Å². The van der Waals surface area contributed by atoms with E-state index in [9.17, 15) is 9.59 Å². The minimum atomic E-state index is -0.863. The summed E-state index contributed by atoms with van der Waals surface area (Å²) < 4.78 is 5.48. The number of amides is 1. The number of hydrogen-bond acceptors (Lipinski definition) is 3. The van der Waals surface area contributed by atoms with E-state index < -0.39 is 5.97 Å². The molecular weight excluding hydrogens is 246 g/mol. The molecule has 1 heterocycles. The number of fused-ring (bicyclic) bond motifs is 1. The summed E-state index contributed by atoms with van der Waals surface area (Å²) >= 11 is 0. The van der Waals surface area contributed by atoms with Gasteiger partial charge in [0, 0.05) is 24.8 Å². The average molecular weight is 265 g/mol. The van der Waals surface area contributed by atoms with Crippen molar-refractivity contribution in [3.63, 3.8) is 0 Å². The van der Waals surface area contributed by atoms with E-state index in [1.165, 1.54) is 0 Å². The van der Waals surface area contributed by atoms with Crippen LogP contribution in [0.5, 0.6) is 0 Å². The van der Waals surface area contributed by atoms with Gasteiger partial charge in [-0.15, -0.1) is 0 Å². The summed E-state index contributed by atoms with van der Waals surface area (Å²) in [5.74, 6) is 0.0257. The number of carbonyl (C=O) groups is 2. The maximum absolute atomic E-state index is 11.8. The zero-order chi connectivity index (χ0) is 13.8. The molecule has 5 heteroatoms. The van der Waals surface area contributed by atoms with Crippen molar-refractivity contribution in [3.8, 4) is 0 Å².